The van der Waals surface area contributed by atoms with Crippen molar-refractivity contribution < 1.29 is 4.79 Å². The van der Waals surface area contributed by atoms with Gasteiger partial charge in [0, 0.05) is 6.04 Å². The first-order valence-electron chi connectivity index (χ1n) is 6.90. The summed E-state index contributed by atoms with van der Waals surface area (Å²) in [4.78, 5) is 11.6. The Morgan fingerprint density at radius 3 is 2.41 bits per heavy atom. The molecule has 0 aromatic carbocycles. The molecule has 2 aliphatic rings. The SMILES string of the molecule is NC(=O)C(NC1CCCCCC1)C1CCSC1. The molecule has 2 rings (SSSR count). The van der Waals surface area contributed by atoms with Gasteiger partial charge in [0.25, 0.3) is 0 Å². The third-order valence-electron chi connectivity index (χ3n) is 4.01. The summed E-state index contributed by atoms with van der Waals surface area (Å²) in [6.45, 7) is 0. The van der Waals surface area contributed by atoms with Crippen molar-refractivity contribution >= 4 is 17.7 Å². The lowest BCUT2D eigenvalue weighted by atomic mass is 9.96. The van der Waals surface area contributed by atoms with Gasteiger partial charge in [-0.3, -0.25) is 4.79 Å². The number of nitrogens with one attached hydrogen (secondary N) is 1. The lowest BCUT2D eigenvalue weighted by Gasteiger charge is -2.26. The first-order chi connectivity index (χ1) is 8.27. The quantitative estimate of drug-likeness (QED) is 0.755. The van der Waals surface area contributed by atoms with Crippen molar-refractivity contribution in [3.8, 4) is 0 Å². The third-order valence-corrected chi connectivity index (χ3v) is 5.20. The maximum Gasteiger partial charge on any atom is 0.234 e. The Hall–Kier alpha value is -0.220. The van der Waals surface area contributed by atoms with E-state index in [1.807, 2.05) is 11.8 Å². The Bertz CT molecular complexity index is 246. The smallest absolute Gasteiger partial charge is 0.234 e. The molecule has 4 heteroatoms. The zero-order valence-electron chi connectivity index (χ0n) is 10.5. The highest BCUT2D eigenvalue weighted by atomic mass is 32.2. The second kappa shape index (κ2) is 6.64. The van der Waals surface area contributed by atoms with Gasteiger partial charge in [0.05, 0.1) is 6.04 Å². The number of amides is 1. The van der Waals surface area contributed by atoms with E-state index in [2.05, 4.69) is 5.32 Å². The van der Waals surface area contributed by atoms with Crippen LogP contribution < -0.4 is 11.1 Å². The van der Waals surface area contributed by atoms with E-state index < -0.39 is 0 Å². The molecule has 2 fully saturated rings. The van der Waals surface area contributed by atoms with E-state index in [0.717, 1.165) is 12.2 Å². The van der Waals surface area contributed by atoms with Crippen LogP contribution in [-0.2, 0) is 4.79 Å². The second-order valence-electron chi connectivity index (χ2n) is 5.36. The number of hydrogen-bond donors (Lipinski definition) is 2. The van der Waals surface area contributed by atoms with Crippen LogP contribution in [0.3, 0.4) is 0 Å². The van der Waals surface area contributed by atoms with E-state index in [0.29, 0.717) is 12.0 Å². The van der Waals surface area contributed by atoms with Gasteiger partial charge < -0.3 is 11.1 Å². The van der Waals surface area contributed by atoms with Gasteiger partial charge in [0.1, 0.15) is 0 Å². The summed E-state index contributed by atoms with van der Waals surface area (Å²) >= 11 is 1.95. The van der Waals surface area contributed by atoms with Gasteiger partial charge in [-0.25, -0.2) is 0 Å². The monoisotopic (exact) mass is 256 g/mol. The number of rotatable bonds is 4. The van der Waals surface area contributed by atoms with Crippen LogP contribution in [0.1, 0.15) is 44.9 Å². The molecule has 1 aliphatic carbocycles. The van der Waals surface area contributed by atoms with E-state index in [4.69, 9.17) is 5.73 Å². The Labute approximate surface area is 108 Å². The summed E-state index contributed by atoms with van der Waals surface area (Å²) in [5.41, 5.74) is 5.56. The van der Waals surface area contributed by atoms with Crippen molar-refractivity contribution in [2.24, 2.45) is 11.7 Å². The molecule has 0 spiro atoms. The third kappa shape index (κ3) is 3.88. The number of carbonyl (C=O) groups is 1. The fraction of sp³-hybridized carbons (Fsp3) is 0.923. The maximum absolute atomic E-state index is 11.6. The lowest BCUT2D eigenvalue weighted by molar-refractivity contribution is -0.121. The summed E-state index contributed by atoms with van der Waals surface area (Å²) in [7, 11) is 0. The fourth-order valence-electron chi connectivity index (χ4n) is 2.97. The number of carbonyl (C=O) groups excluding carboxylic acids is 1. The maximum atomic E-state index is 11.6. The molecule has 1 saturated carbocycles. The van der Waals surface area contributed by atoms with E-state index >= 15 is 0 Å². The molecule has 3 N–H and O–H groups in total. The van der Waals surface area contributed by atoms with Crippen molar-refractivity contribution in [2.75, 3.05) is 11.5 Å². The lowest BCUT2D eigenvalue weighted by Crippen LogP contribution is -2.50. The summed E-state index contributed by atoms with van der Waals surface area (Å²) in [5.74, 6) is 2.58. The Morgan fingerprint density at radius 1 is 1.18 bits per heavy atom. The van der Waals surface area contributed by atoms with Gasteiger partial charge in [-0.2, -0.15) is 11.8 Å². The first kappa shape index (κ1) is 13.2. The van der Waals surface area contributed by atoms with Crippen molar-refractivity contribution in [3.63, 3.8) is 0 Å². The van der Waals surface area contributed by atoms with Gasteiger partial charge >= 0.3 is 0 Å². The van der Waals surface area contributed by atoms with Crippen LogP contribution >= 0.6 is 11.8 Å². The number of hydrogen-bond acceptors (Lipinski definition) is 3. The van der Waals surface area contributed by atoms with Crippen LogP contribution in [0.4, 0.5) is 0 Å². The zero-order valence-corrected chi connectivity index (χ0v) is 11.3. The minimum absolute atomic E-state index is 0.0897. The van der Waals surface area contributed by atoms with Gasteiger partial charge in [-0.15, -0.1) is 0 Å². The van der Waals surface area contributed by atoms with Crippen LogP contribution in [0, 0.1) is 5.92 Å². The van der Waals surface area contributed by atoms with Gasteiger partial charge in [0.15, 0.2) is 0 Å². The Balaban J connectivity index is 1.89. The standard InChI is InChI=1S/C13H24N2OS/c14-13(16)12(10-7-8-17-9-10)15-11-5-3-1-2-4-6-11/h10-12,15H,1-9H2,(H2,14,16). The van der Waals surface area contributed by atoms with Crippen LogP contribution in [-0.4, -0.2) is 29.5 Å². The largest absolute Gasteiger partial charge is 0.368 e. The fourth-order valence-corrected chi connectivity index (χ4v) is 4.26. The minimum atomic E-state index is -0.151. The normalized spacial score (nSPS) is 28.8. The summed E-state index contributed by atoms with van der Waals surface area (Å²) < 4.78 is 0. The van der Waals surface area contributed by atoms with Crippen LogP contribution in [0.5, 0.6) is 0 Å². The molecule has 1 aliphatic heterocycles. The molecular weight excluding hydrogens is 232 g/mol. The molecule has 3 nitrogen and oxygen atoms in total. The predicted molar refractivity (Wildman–Crippen MR) is 73.0 cm³/mol. The molecule has 2 atom stereocenters. The van der Waals surface area contributed by atoms with E-state index in [1.54, 1.807) is 0 Å². The molecule has 1 heterocycles. The van der Waals surface area contributed by atoms with E-state index in [9.17, 15) is 4.79 Å². The molecule has 0 bridgehead atoms. The number of thioether (sulfide) groups is 1. The topological polar surface area (TPSA) is 55.1 Å². The molecule has 0 aromatic rings. The van der Waals surface area contributed by atoms with Crippen molar-refractivity contribution in [1.29, 1.82) is 0 Å². The van der Waals surface area contributed by atoms with Gasteiger partial charge in [0.2, 0.25) is 5.91 Å². The van der Waals surface area contributed by atoms with E-state index in [1.165, 1.54) is 44.3 Å². The average Bonchev–Trinajstić information content (AvgIpc) is 2.70. The molecule has 2 unspecified atom stereocenters. The first-order valence-corrected chi connectivity index (χ1v) is 8.06. The van der Waals surface area contributed by atoms with Crippen LogP contribution in [0.15, 0.2) is 0 Å². The van der Waals surface area contributed by atoms with Crippen LogP contribution in [0.25, 0.3) is 0 Å². The molecular formula is C13H24N2OS. The average molecular weight is 256 g/mol. The molecule has 17 heavy (non-hydrogen) atoms. The molecule has 98 valence electrons. The summed E-state index contributed by atoms with van der Waals surface area (Å²) in [5, 5.41) is 3.55. The van der Waals surface area contributed by atoms with Crippen molar-refractivity contribution in [3.05, 3.63) is 0 Å². The van der Waals surface area contributed by atoms with E-state index in [-0.39, 0.29) is 11.9 Å². The van der Waals surface area contributed by atoms with Gasteiger partial charge in [-0.1, -0.05) is 25.7 Å². The molecule has 1 amide bonds. The summed E-state index contributed by atoms with van der Waals surface area (Å²) in [6.07, 6.45) is 8.84. The Kier molecular flexibility index (Phi) is 5.16. The highest BCUT2D eigenvalue weighted by Crippen LogP contribution is 2.27. The van der Waals surface area contributed by atoms with Crippen molar-refractivity contribution in [2.45, 2.75) is 57.0 Å². The molecule has 0 aromatic heterocycles. The minimum Gasteiger partial charge on any atom is -0.368 e. The van der Waals surface area contributed by atoms with Crippen LogP contribution in [0.2, 0.25) is 0 Å². The predicted octanol–water partition coefficient (Wildman–Crippen LogP) is 1.91. The van der Waals surface area contributed by atoms with Crippen molar-refractivity contribution in [1.82, 2.24) is 5.32 Å². The zero-order chi connectivity index (χ0) is 12.1. The number of primary amides is 1. The van der Waals surface area contributed by atoms with Gasteiger partial charge in [-0.05, 0) is 36.7 Å². The number of nitrogens with two attached hydrogens (primary N) is 1. The summed E-state index contributed by atoms with van der Waals surface area (Å²) in [6, 6.07) is 0.425. The highest BCUT2D eigenvalue weighted by Gasteiger charge is 2.31. The second-order valence-corrected chi connectivity index (χ2v) is 6.51. The highest BCUT2D eigenvalue weighted by molar-refractivity contribution is 7.99. The Morgan fingerprint density at radius 2 is 1.88 bits per heavy atom. The molecule has 1 saturated heterocycles. The molecule has 0 radical (unpaired) electrons.